The number of hydrogen-bond donors (Lipinski definition) is 4. The third-order valence-corrected chi connectivity index (χ3v) is 10.6. The second-order valence-electron chi connectivity index (χ2n) is 16.2. The zero-order valence-corrected chi connectivity index (χ0v) is 38.1. The van der Waals surface area contributed by atoms with E-state index in [0.717, 1.165) is 64.2 Å². The van der Waals surface area contributed by atoms with E-state index in [2.05, 4.69) is 74.6 Å². The molecule has 1 heterocycles. The van der Waals surface area contributed by atoms with E-state index in [1.54, 1.807) is 0 Å². The molecule has 61 heavy (non-hydrogen) atoms. The number of unbranched alkanes of at least 4 members (excludes halogenated alkanes) is 16. The third kappa shape index (κ3) is 32.5. The number of ether oxygens (including phenoxy) is 4. The third-order valence-electron chi connectivity index (χ3n) is 10.6. The Balaban J connectivity index is 2.28. The van der Waals surface area contributed by atoms with Crippen molar-refractivity contribution in [2.24, 2.45) is 0 Å². The first kappa shape index (κ1) is 56.2. The van der Waals surface area contributed by atoms with Gasteiger partial charge < -0.3 is 39.4 Å². The summed E-state index contributed by atoms with van der Waals surface area (Å²) in [4.78, 5) is 25.3. The number of esters is 2. The average Bonchev–Trinajstić information content (AvgIpc) is 3.26. The monoisotopic (exact) mass is 859 g/mol. The zero-order chi connectivity index (χ0) is 44.4. The van der Waals surface area contributed by atoms with E-state index in [4.69, 9.17) is 18.9 Å². The van der Waals surface area contributed by atoms with Crippen LogP contribution in [0.5, 0.6) is 0 Å². The van der Waals surface area contributed by atoms with Gasteiger partial charge in [0.05, 0.1) is 13.2 Å². The molecule has 3 unspecified atom stereocenters. The van der Waals surface area contributed by atoms with Crippen molar-refractivity contribution in [2.75, 3.05) is 19.8 Å². The highest BCUT2D eigenvalue weighted by Crippen LogP contribution is 2.22. The summed E-state index contributed by atoms with van der Waals surface area (Å²) in [6.07, 6.45) is 45.0. The van der Waals surface area contributed by atoms with Gasteiger partial charge in [0.15, 0.2) is 12.4 Å². The number of hydrogen-bond acceptors (Lipinski definition) is 10. The van der Waals surface area contributed by atoms with Crippen LogP contribution in [-0.2, 0) is 28.5 Å². The van der Waals surface area contributed by atoms with Gasteiger partial charge in [0, 0.05) is 12.8 Å². The molecule has 1 aliphatic rings. The van der Waals surface area contributed by atoms with Crippen LogP contribution in [0.3, 0.4) is 0 Å². The number of carbonyl (C=O) groups excluding carboxylic acids is 2. The highest BCUT2D eigenvalue weighted by Gasteiger charge is 2.44. The first-order chi connectivity index (χ1) is 29.8. The largest absolute Gasteiger partial charge is 0.462 e. The predicted octanol–water partition coefficient (Wildman–Crippen LogP) is 10.8. The molecule has 0 bridgehead atoms. The SMILES string of the molecule is CC/C=C/C/C=C/C/C=C/C/C=C/CCCCCCCCCCCCC(=O)OCC(CO[C@H]1O[C@@H](CO)[C@@H](O)C(O)C1O)OC(=O)CC/C=C/C/C=C/CCCCCCCC. The maximum atomic E-state index is 12.7. The lowest BCUT2D eigenvalue weighted by atomic mass is 9.99. The Labute approximate surface area is 370 Å². The molecule has 1 fully saturated rings. The van der Waals surface area contributed by atoms with Crippen LogP contribution in [0.15, 0.2) is 72.9 Å². The van der Waals surface area contributed by atoms with Gasteiger partial charge in [-0.25, -0.2) is 0 Å². The van der Waals surface area contributed by atoms with Gasteiger partial charge in [-0.1, -0.05) is 170 Å². The Morgan fingerprint density at radius 1 is 0.525 bits per heavy atom. The highest BCUT2D eigenvalue weighted by molar-refractivity contribution is 5.70. The summed E-state index contributed by atoms with van der Waals surface area (Å²) in [7, 11) is 0. The minimum Gasteiger partial charge on any atom is -0.462 e. The lowest BCUT2D eigenvalue weighted by Crippen LogP contribution is -2.59. The van der Waals surface area contributed by atoms with Crippen LogP contribution in [0.2, 0.25) is 0 Å². The minimum atomic E-state index is -1.61. The van der Waals surface area contributed by atoms with E-state index in [1.807, 2.05) is 12.2 Å². The summed E-state index contributed by atoms with van der Waals surface area (Å²) in [5.74, 6) is -0.893. The number of aliphatic hydroxyl groups is 4. The molecule has 0 aromatic carbocycles. The number of carbonyl (C=O) groups is 2. The second kappa shape index (κ2) is 41.2. The first-order valence-electron chi connectivity index (χ1n) is 24.0. The van der Waals surface area contributed by atoms with Crippen molar-refractivity contribution in [2.45, 2.75) is 218 Å². The molecule has 0 saturated carbocycles. The molecular formula is C51H86O10. The lowest BCUT2D eigenvalue weighted by Gasteiger charge is -2.39. The van der Waals surface area contributed by atoms with Crippen molar-refractivity contribution in [1.29, 1.82) is 0 Å². The maximum Gasteiger partial charge on any atom is 0.306 e. The Hall–Kier alpha value is -2.86. The summed E-state index contributed by atoms with van der Waals surface area (Å²) in [6.45, 7) is 3.23. The molecule has 0 aliphatic carbocycles. The molecule has 0 aromatic rings. The number of allylic oxidation sites excluding steroid dienone is 12. The molecule has 4 N–H and O–H groups in total. The van der Waals surface area contributed by atoms with Crippen LogP contribution in [-0.4, -0.2) is 89.0 Å². The van der Waals surface area contributed by atoms with Crippen molar-refractivity contribution >= 4 is 11.9 Å². The second-order valence-corrected chi connectivity index (χ2v) is 16.2. The van der Waals surface area contributed by atoms with Gasteiger partial charge in [-0.05, 0) is 70.6 Å². The zero-order valence-electron chi connectivity index (χ0n) is 38.1. The molecule has 10 heteroatoms. The van der Waals surface area contributed by atoms with Crippen LogP contribution in [0.4, 0.5) is 0 Å². The maximum absolute atomic E-state index is 12.7. The molecule has 1 aliphatic heterocycles. The molecule has 0 aromatic heterocycles. The van der Waals surface area contributed by atoms with Crippen LogP contribution in [0.1, 0.15) is 181 Å². The fraction of sp³-hybridized carbons (Fsp3) is 0.725. The van der Waals surface area contributed by atoms with Gasteiger partial charge in [0.2, 0.25) is 0 Å². The van der Waals surface area contributed by atoms with Gasteiger partial charge >= 0.3 is 11.9 Å². The van der Waals surface area contributed by atoms with Crippen molar-refractivity contribution in [3.63, 3.8) is 0 Å². The Kier molecular flexibility index (Phi) is 37.9. The molecule has 1 rings (SSSR count). The summed E-state index contributed by atoms with van der Waals surface area (Å²) in [5, 5.41) is 40.1. The average molecular weight is 859 g/mol. The van der Waals surface area contributed by atoms with Crippen LogP contribution in [0.25, 0.3) is 0 Å². The predicted molar refractivity (Wildman–Crippen MR) is 247 cm³/mol. The topological polar surface area (TPSA) is 152 Å². The first-order valence-corrected chi connectivity index (χ1v) is 24.0. The highest BCUT2D eigenvalue weighted by atomic mass is 16.7. The van der Waals surface area contributed by atoms with Crippen molar-refractivity contribution in [3.05, 3.63) is 72.9 Å². The van der Waals surface area contributed by atoms with Gasteiger partial charge in [0.1, 0.15) is 31.0 Å². The molecule has 0 spiro atoms. The van der Waals surface area contributed by atoms with E-state index in [9.17, 15) is 30.0 Å². The molecule has 1 saturated heterocycles. The minimum absolute atomic E-state index is 0.120. The van der Waals surface area contributed by atoms with Crippen LogP contribution in [0, 0.1) is 0 Å². The van der Waals surface area contributed by atoms with Gasteiger partial charge in [-0.2, -0.15) is 0 Å². The molecule has 350 valence electrons. The molecule has 0 amide bonds. The van der Waals surface area contributed by atoms with Crippen molar-refractivity contribution < 1.29 is 49.0 Å². The standard InChI is InChI=1S/C51H86O10/c1-3-5-7-9-11-13-15-17-18-19-20-21-22-23-24-25-26-28-29-31-33-35-37-39-46(53)58-42-44(43-59-51-50(57)49(56)48(55)45(41-52)61-51)60-47(54)40-38-36-34-32-30-27-16-14-12-10-8-6-4-2/h5,7,11,13,17-18,20-21,27,30,34,36,44-45,48-52,55-57H,3-4,6,8-10,12,14-16,19,22-26,28-29,31-33,35,37-43H2,1-2H3/b7-5+,13-11+,18-17+,21-20+,30-27+,36-34+/t44?,45-,48+,49?,50?,51-/m0/s1. The Bertz CT molecular complexity index is 1220. The van der Waals surface area contributed by atoms with Gasteiger partial charge in [0.25, 0.3) is 0 Å². The molecule has 6 atom stereocenters. The molecule has 0 radical (unpaired) electrons. The summed E-state index contributed by atoms with van der Waals surface area (Å²) < 4.78 is 22.1. The molecular weight excluding hydrogens is 773 g/mol. The van der Waals surface area contributed by atoms with E-state index >= 15 is 0 Å². The van der Waals surface area contributed by atoms with Gasteiger partial charge in [-0.3, -0.25) is 9.59 Å². The van der Waals surface area contributed by atoms with E-state index in [-0.39, 0.29) is 26.1 Å². The van der Waals surface area contributed by atoms with Gasteiger partial charge in [-0.15, -0.1) is 0 Å². The summed E-state index contributed by atoms with van der Waals surface area (Å²) in [5.41, 5.74) is 0. The number of aliphatic hydroxyl groups excluding tert-OH is 4. The fourth-order valence-corrected chi connectivity index (χ4v) is 6.82. The molecule has 10 nitrogen and oxygen atoms in total. The Morgan fingerprint density at radius 3 is 1.52 bits per heavy atom. The van der Waals surface area contributed by atoms with Crippen molar-refractivity contribution in [3.8, 4) is 0 Å². The normalized spacial score (nSPS) is 20.4. The smallest absolute Gasteiger partial charge is 0.306 e. The number of rotatable bonds is 39. The summed E-state index contributed by atoms with van der Waals surface area (Å²) in [6, 6.07) is 0. The van der Waals surface area contributed by atoms with E-state index < -0.39 is 55.4 Å². The quantitative estimate of drug-likeness (QED) is 0.0267. The Morgan fingerprint density at radius 2 is 1.00 bits per heavy atom. The van der Waals surface area contributed by atoms with Crippen molar-refractivity contribution in [1.82, 2.24) is 0 Å². The lowest BCUT2D eigenvalue weighted by molar-refractivity contribution is -0.305. The fourth-order valence-electron chi connectivity index (χ4n) is 6.82. The summed E-state index contributed by atoms with van der Waals surface area (Å²) >= 11 is 0. The van der Waals surface area contributed by atoms with Crippen LogP contribution < -0.4 is 0 Å². The van der Waals surface area contributed by atoms with E-state index in [0.29, 0.717) is 12.8 Å². The van der Waals surface area contributed by atoms with Crippen LogP contribution >= 0.6 is 0 Å². The van der Waals surface area contributed by atoms with E-state index in [1.165, 1.54) is 77.0 Å².